The SMILES string of the molecule is NC(CCn1cnc2ccccc21)C(=O)O. The quantitative estimate of drug-likeness (QED) is 0.798. The Hall–Kier alpha value is -1.88. The molecule has 2 rings (SSSR count). The van der Waals surface area contributed by atoms with Crippen molar-refractivity contribution < 1.29 is 9.90 Å². The first kappa shape index (κ1) is 10.6. The number of nitrogens with zero attached hydrogens (tertiary/aromatic N) is 2. The summed E-state index contributed by atoms with van der Waals surface area (Å²) in [5, 5.41) is 8.67. The number of benzene rings is 1. The van der Waals surface area contributed by atoms with Crippen molar-refractivity contribution >= 4 is 17.0 Å². The molecular weight excluding hydrogens is 206 g/mol. The van der Waals surface area contributed by atoms with Gasteiger partial charge < -0.3 is 15.4 Å². The number of imidazole rings is 1. The van der Waals surface area contributed by atoms with E-state index in [4.69, 9.17) is 10.8 Å². The Balaban J connectivity index is 2.13. The summed E-state index contributed by atoms with van der Waals surface area (Å²) in [5.74, 6) is -0.968. The highest BCUT2D eigenvalue weighted by atomic mass is 16.4. The number of para-hydroxylation sites is 2. The molecule has 0 radical (unpaired) electrons. The lowest BCUT2D eigenvalue weighted by atomic mass is 10.2. The van der Waals surface area contributed by atoms with Crippen LogP contribution in [0.25, 0.3) is 11.0 Å². The van der Waals surface area contributed by atoms with Crippen molar-refractivity contribution in [2.24, 2.45) is 5.73 Å². The predicted octanol–water partition coefficient (Wildman–Crippen LogP) is 0.838. The molecule has 5 nitrogen and oxygen atoms in total. The third-order valence-corrected chi connectivity index (χ3v) is 2.53. The topological polar surface area (TPSA) is 81.1 Å². The standard InChI is InChI=1S/C11H13N3O2/c12-8(11(15)16)5-6-14-7-13-9-3-1-2-4-10(9)14/h1-4,7-8H,5-6,12H2,(H,15,16). The van der Waals surface area contributed by atoms with Gasteiger partial charge >= 0.3 is 5.97 Å². The van der Waals surface area contributed by atoms with Gasteiger partial charge in [0.25, 0.3) is 0 Å². The number of carboxylic acids is 1. The lowest BCUT2D eigenvalue weighted by Gasteiger charge is -2.07. The largest absolute Gasteiger partial charge is 0.480 e. The third-order valence-electron chi connectivity index (χ3n) is 2.53. The maximum atomic E-state index is 10.6. The highest BCUT2D eigenvalue weighted by Gasteiger charge is 2.11. The normalized spacial score (nSPS) is 12.8. The van der Waals surface area contributed by atoms with Gasteiger partial charge in [0.2, 0.25) is 0 Å². The van der Waals surface area contributed by atoms with Crippen LogP contribution in [-0.2, 0) is 11.3 Å². The molecule has 0 aliphatic carbocycles. The van der Waals surface area contributed by atoms with Gasteiger partial charge in [-0.3, -0.25) is 4.79 Å². The van der Waals surface area contributed by atoms with Crippen LogP contribution in [0.4, 0.5) is 0 Å². The molecule has 3 N–H and O–H groups in total. The average molecular weight is 219 g/mol. The minimum absolute atomic E-state index is 0.398. The van der Waals surface area contributed by atoms with Crippen molar-refractivity contribution in [3.63, 3.8) is 0 Å². The van der Waals surface area contributed by atoms with Crippen molar-refractivity contribution in [2.45, 2.75) is 19.0 Å². The van der Waals surface area contributed by atoms with Crippen LogP contribution in [0.2, 0.25) is 0 Å². The predicted molar refractivity (Wildman–Crippen MR) is 60.0 cm³/mol. The molecule has 1 atom stereocenters. The number of aliphatic carboxylic acids is 1. The number of hydrogen-bond donors (Lipinski definition) is 2. The van der Waals surface area contributed by atoms with E-state index in [1.165, 1.54) is 0 Å². The first-order valence-electron chi connectivity index (χ1n) is 5.07. The number of nitrogens with two attached hydrogens (primary N) is 1. The van der Waals surface area contributed by atoms with E-state index in [0.29, 0.717) is 13.0 Å². The summed E-state index contributed by atoms with van der Waals surface area (Å²) in [5.41, 5.74) is 7.35. The highest BCUT2D eigenvalue weighted by molar-refractivity contribution is 5.75. The van der Waals surface area contributed by atoms with Crippen LogP contribution in [0.1, 0.15) is 6.42 Å². The van der Waals surface area contributed by atoms with Crippen molar-refractivity contribution in [3.8, 4) is 0 Å². The summed E-state index contributed by atoms with van der Waals surface area (Å²) < 4.78 is 1.91. The number of rotatable bonds is 4. The summed E-state index contributed by atoms with van der Waals surface area (Å²) in [7, 11) is 0. The van der Waals surface area contributed by atoms with Gasteiger partial charge in [-0.2, -0.15) is 0 Å². The first-order chi connectivity index (χ1) is 7.68. The Labute approximate surface area is 92.5 Å². The molecule has 5 heteroatoms. The maximum Gasteiger partial charge on any atom is 0.320 e. The molecule has 0 saturated carbocycles. The van der Waals surface area contributed by atoms with E-state index in [1.54, 1.807) is 6.33 Å². The molecule has 1 aromatic carbocycles. The fourth-order valence-corrected chi connectivity index (χ4v) is 1.59. The summed E-state index contributed by atoms with van der Waals surface area (Å²) in [6.45, 7) is 0.563. The van der Waals surface area contributed by atoms with Crippen molar-refractivity contribution in [2.75, 3.05) is 0 Å². The van der Waals surface area contributed by atoms with E-state index in [9.17, 15) is 4.79 Å². The summed E-state index contributed by atoms with van der Waals surface area (Å²) in [6.07, 6.45) is 2.11. The number of aromatic nitrogens is 2. The zero-order chi connectivity index (χ0) is 11.5. The average Bonchev–Trinajstić information content (AvgIpc) is 2.69. The van der Waals surface area contributed by atoms with Gasteiger partial charge in [0.15, 0.2) is 0 Å². The van der Waals surface area contributed by atoms with Crippen LogP contribution >= 0.6 is 0 Å². The molecule has 0 saturated heterocycles. The van der Waals surface area contributed by atoms with Crippen molar-refractivity contribution in [3.05, 3.63) is 30.6 Å². The van der Waals surface area contributed by atoms with Gasteiger partial charge in [0.1, 0.15) is 6.04 Å². The van der Waals surface area contributed by atoms with Crippen LogP contribution in [0.3, 0.4) is 0 Å². The monoisotopic (exact) mass is 219 g/mol. The van der Waals surface area contributed by atoms with E-state index in [0.717, 1.165) is 11.0 Å². The van der Waals surface area contributed by atoms with Crippen LogP contribution in [-0.4, -0.2) is 26.7 Å². The van der Waals surface area contributed by atoms with Crippen LogP contribution in [0.5, 0.6) is 0 Å². The fraction of sp³-hybridized carbons (Fsp3) is 0.273. The maximum absolute atomic E-state index is 10.6. The molecule has 0 amide bonds. The molecule has 1 heterocycles. The van der Waals surface area contributed by atoms with Gasteiger partial charge in [-0.15, -0.1) is 0 Å². The summed E-state index contributed by atoms with van der Waals surface area (Å²) >= 11 is 0. The second-order valence-electron chi connectivity index (χ2n) is 3.66. The third kappa shape index (κ3) is 2.04. The number of aryl methyl sites for hydroxylation is 1. The van der Waals surface area contributed by atoms with Crippen LogP contribution in [0, 0.1) is 0 Å². The van der Waals surface area contributed by atoms with Gasteiger partial charge in [0, 0.05) is 6.54 Å². The first-order valence-corrected chi connectivity index (χ1v) is 5.07. The van der Waals surface area contributed by atoms with Gasteiger partial charge in [-0.05, 0) is 18.6 Å². The zero-order valence-electron chi connectivity index (χ0n) is 8.71. The van der Waals surface area contributed by atoms with Crippen LogP contribution in [0.15, 0.2) is 30.6 Å². The van der Waals surface area contributed by atoms with Crippen molar-refractivity contribution in [1.82, 2.24) is 9.55 Å². The Kier molecular flexibility index (Phi) is 2.87. The highest BCUT2D eigenvalue weighted by Crippen LogP contribution is 2.12. The molecule has 0 aliphatic rings. The fourth-order valence-electron chi connectivity index (χ4n) is 1.59. The molecule has 84 valence electrons. The zero-order valence-corrected chi connectivity index (χ0v) is 8.71. The van der Waals surface area contributed by atoms with Gasteiger partial charge in [0.05, 0.1) is 17.4 Å². The Morgan fingerprint density at radius 2 is 2.25 bits per heavy atom. The molecule has 0 bridgehead atoms. The van der Waals surface area contributed by atoms with E-state index >= 15 is 0 Å². The van der Waals surface area contributed by atoms with E-state index in [1.807, 2.05) is 28.8 Å². The minimum Gasteiger partial charge on any atom is -0.480 e. The Morgan fingerprint density at radius 1 is 1.50 bits per heavy atom. The molecule has 2 aromatic rings. The summed E-state index contributed by atoms with van der Waals surface area (Å²) in [4.78, 5) is 14.8. The smallest absolute Gasteiger partial charge is 0.320 e. The van der Waals surface area contributed by atoms with E-state index in [2.05, 4.69) is 4.98 Å². The lowest BCUT2D eigenvalue weighted by molar-refractivity contribution is -0.138. The second-order valence-corrected chi connectivity index (χ2v) is 3.66. The van der Waals surface area contributed by atoms with Crippen molar-refractivity contribution in [1.29, 1.82) is 0 Å². The number of fused-ring (bicyclic) bond motifs is 1. The number of hydrogen-bond acceptors (Lipinski definition) is 3. The van der Waals surface area contributed by atoms with Gasteiger partial charge in [-0.25, -0.2) is 4.98 Å². The summed E-state index contributed by atoms with van der Waals surface area (Å²) in [6, 6.07) is 6.90. The second kappa shape index (κ2) is 4.32. The van der Waals surface area contributed by atoms with Crippen LogP contribution < -0.4 is 5.73 Å². The lowest BCUT2D eigenvalue weighted by Crippen LogP contribution is -2.31. The molecule has 16 heavy (non-hydrogen) atoms. The van der Waals surface area contributed by atoms with Gasteiger partial charge in [-0.1, -0.05) is 12.1 Å². The molecule has 0 aliphatic heterocycles. The molecular formula is C11H13N3O2. The molecule has 1 unspecified atom stereocenters. The molecule has 1 aromatic heterocycles. The molecule has 0 spiro atoms. The van der Waals surface area contributed by atoms with E-state index < -0.39 is 12.0 Å². The number of carboxylic acid groups (broad SMARTS) is 1. The number of carbonyl (C=O) groups is 1. The minimum atomic E-state index is -0.968. The van der Waals surface area contributed by atoms with E-state index in [-0.39, 0.29) is 0 Å². The Morgan fingerprint density at radius 3 is 3.00 bits per heavy atom. The molecule has 0 fully saturated rings. The Bertz CT molecular complexity index is 507.